The fourth-order valence-corrected chi connectivity index (χ4v) is 1.30. The van der Waals surface area contributed by atoms with Crippen molar-refractivity contribution in [3.63, 3.8) is 0 Å². The average Bonchev–Trinajstić information content (AvgIpc) is 2.47. The normalized spacial score (nSPS) is 29.3. The maximum Gasteiger partial charge on any atom is 0.157 e. The standard InChI is InChI=1S/C9H10O2/c1-3-8-5-4-6-9(8,7-10)11-2/h1,5,7H,4,6H2,2H3. The van der Waals surface area contributed by atoms with Gasteiger partial charge in [-0.2, -0.15) is 0 Å². The van der Waals surface area contributed by atoms with Crippen molar-refractivity contribution in [1.82, 2.24) is 0 Å². The van der Waals surface area contributed by atoms with E-state index in [-0.39, 0.29) is 0 Å². The van der Waals surface area contributed by atoms with E-state index in [1.54, 1.807) is 0 Å². The van der Waals surface area contributed by atoms with Crippen LogP contribution in [-0.4, -0.2) is 19.0 Å². The van der Waals surface area contributed by atoms with E-state index in [0.717, 1.165) is 12.7 Å². The van der Waals surface area contributed by atoms with Gasteiger partial charge in [0.1, 0.15) is 0 Å². The van der Waals surface area contributed by atoms with Gasteiger partial charge in [0, 0.05) is 12.7 Å². The van der Waals surface area contributed by atoms with Crippen LogP contribution in [0.15, 0.2) is 11.6 Å². The number of aldehydes is 1. The number of allylic oxidation sites excluding steroid dienone is 1. The second-order valence-corrected chi connectivity index (χ2v) is 2.51. The summed E-state index contributed by atoms with van der Waals surface area (Å²) in [5, 5.41) is 0. The van der Waals surface area contributed by atoms with Crippen molar-refractivity contribution in [2.45, 2.75) is 18.4 Å². The Balaban J connectivity index is 2.95. The molecule has 0 spiro atoms. The minimum Gasteiger partial charge on any atom is -0.365 e. The highest BCUT2D eigenvalue weighted by atomic mass is 16.5. The third kappa shape index (κ3) is 1.08. The summed E-state index contributed by atoms with van der Waals surface area (Å²) in [6, 6.07) is 0. The molecule has 1 aliphatic carbocycles. The second-order valence-electron chi connectivity index (χ2n) is 2.51. The van der Waals surface area contributed by atoms with Crippen LogP contribution in [0.3, 0.4) is 0 Å². The molecule has 0 radical (unpaired) electrons. The lowest BCUT2D eigenvalue weighted by atomic mass is 9.98. The van der Waals surface area contributed by atoms with E-state index in [2.05, 4.69) is 5.92 Å². The van der Waals surface area contributed by atoms with Crippen LogP contribution in [-0.2, 0) is 9.53 Å². The van der Waals surface area contributed by atoms with Gasteiger partial charge in [0.25, 0.3) is 0 Å². The van der Waals surface area contributed by atoms with Gasteiger partial charge < -0.3 is 4.74 Å². The monoisotopic (exact) mass is 150 g/mol. The first-order valence-corrected chi connectivity index (χ1v) is 3.48. The zero-order valence-electron chi connectivity index (χ0n) is 6.46. The summed E-state index contributed by atoms with van der Waals surface area (Å²) in [7, 11) is 1.50. The van der Waals surface area contributed by atoms with Gasteiger partial charge >= 0.3 is 0 Å². The molecule has 0 heterocycles. The molecule has 1 unspecified atom stereocenters. The van der Waals surface area contributed by atoms with Gasteiger partial charge in [-0.25, -0.2) is 0 Å². The number of hydrogen-bond donors (Lipinski definition) is 0. The van der Waals surface area contributed by atoms with Gasteiger partial charge in [0.15, 0.2) is 11.9 Å². The molecule has 2 nitrogen and oxygen atoms in total. The summed E-state index contributed by atoms with van der Waals surface area (Å²) >= 11 is 0. The van der Waals surface area contributed by atoms with Crippen molar-refractivity contribution in [3.05, 3.63) is 11.6 Å². The Bertz CT molecular complexity index is 234. The minimum absolute atomic E-state index is 0.662. The largest absolute Gasteiger partial charge is 0.365 e. The lowest BCUT2D eigenvalue weighted by Crippen LogP contribution is -2.32. The summed E-state index contributed by atoms with van der Waals surface area (Å²) in [5.74, 6) is 2.46. The van der Waals surface area contributed by atoms with Crippen LogP contribution in [0.1, 0.15) is 12.8 Å². The molecular weight excluding hydrogens is 140 g/mol. The van der Waals surface area contributed by atoms with Crippen molar-refractivity contribution in [1.29, 1.82) is 0 Å². The van der Waals surface area contributed by atoms with Gasteiger partial charge in [-0.1, -0.05) is 12.0 Å². The molecule has 0 aromatic rings. The van der Waals surface area contributed by atoms with Gasteiger partial charge in [0.05, 0.1) is 0 Å². The topological polar surface area (TPSA) is 26.3 Å². The Morgan fingerprint density at radius 3 is 3.00 bits per heavy atom. The molecule has 11 heavy (non-hydrogen) atoms. The molecule has 58 valence electrons. The lowest BCUT2D eigenvalue weighted by Gasteiger charge is -2.20. The van der Waals surface area contributed by atoms with Crippen LogP contribution < -0.4 is 0 Å². The zero-order chi connectivity index (χ0) is 8.32. The van der Waals surface area contributed by atoms with Crippen LogP contribution in [0.5, 0.6) is 0 Å². The molecule has 0 aromatic heterocycles. The molecule has 0 saturated heterocycles. The van der Waals surface area contributed by atoms with Crippen molar-refractivity contribution in [2.24, 2.45) is 0 Å². The molecule has 0 bridgehead atoms. The van der Waals surface area contributed by atoms with Gasteiger partial charge in [0.2, 0.25) is 0 Å². The summed E-state index contributed by atoms with van der Waals surface area (Å²) in [4.78, 5) is 10.7. The number of ether oxygens (including phenoxy) is 1. The van der Waals surface area contributed by atoms with Crippen LogP contribution in [0.4, 0.5) is 0 Å². The molecule has 0 aliphatic heterocycles. The van der Waals surface area contributed by atoms with Crippen molar-refractivity contribution in [2.75, 3.05) is 7.11 Å². The summed E-state index contributed by atoms with van der Waals surface area (Å²) in [5.41, 5.74) is -0.149. The van der Waals surface area contributed by atoms with E-state index < -0.39 is 5.60 Å². The highest BCUT2D eigenvalue weighted by molar-refractivity contribution is 5.72. The number of carbonyl (C=O) groups is 1. The van der Waals surface area contributed by atoms with E-state index >= 15 is 0 Å². The average molecular weight is 150 g/mol. The maximum atomic E-state index is 10.7. The molecule has 2 heteroatoms. The Morgan fingerprint density at radius 2 is 2.64 bits per heavy atom. The van der Waals surface area contributed by atoms with Gasteiger partial charge in [-0.15, -0.1) is 6.42 Å². The van der Waals surface area contributed by atoms with Gasteiger partial charge in [-0.3, -0.25) is 4.79 Å². The third-order valence-corrected chi connectivity index (χ3v) is 2.03. The Labute approximate surface area is 66.2 Å². The SMILES string of the molecule is C#CC1=CCCC1(C=O)OC. The Hall–Kier alpha value is -1.07. The number of methoxy groups -OCH3 is 1. The Kier molecular flexibility index (Phi) is 2.11. The first kappa shape index (κ1) is 8.03. The molecule has 1 rings (SSSR count). The fraction of sp³-hybridized carbons (Fsp3) is 0.444. The predicted octanol–water partition coefficient (Wildman–Crippen LogP) is 0.924. The van der Waals surface area contributed by atoms with Crippen molar-refractivity contribution >= 4 is 6.29 Å². The predicted molar refractivity (Wildman–Crippen MR) is 42.0 cm³/mol. The second kappa shape index (κ2) is 2.89. The third-order valence-electron chi connectivity index (χ3n) is 2.03. The molecule has 0 saturated carbocycles. The number of carbonyl (C=O) groups excluding carboxylic acids is 1. The molecule has 1 aliphatic rings. The van der Waals surface area contributed by atoms with Crippen LogP contribution in [0, 0.1) is 12.3 Å². The van der Waals surface area contributed by atoms with Crippen LogP contribution in [0.25, 0.3) is 0 Å². The lowest BCUT2D eigenvalue weighted by molar-refractivity contribution is -0.123. The van der Waals surface area contributed by atoms with E-state index in [4.69, 9.17) is 11.2 Å². The molecule has 0 fully saturated rings. The molecule has 0 aromatic carbocycles. The first-order chi connectivity index (χ1) is 5.29. The summed E-state index contributed by atoms with van der Waals surface area (Å²) in [6.45, 7) is 0. The van der Waals surface area contributed by atoms with Crippen LogP contribution in [0.2, 0.25) is 0 Å². The summed E-state index contributed by atoms with van der Waals surface area (Å²) in [6.07, 6.45) is 9.36. The highest BCUT2D eigenvalue weighted by Crippen LogP contribution is 2.30. The molecule has 1 atom stereocenters. The van der Waals surface area contributed by atoms with Crippen LogP contribution >= 0.6 is 0 Å². The molecular formula is C9H10O2. The summed E-state index contributed by atoms with van der Waals surface area (Å²) < 4.78 is 5.07. The smallest absolute Gasteiger partial charge is 0.157 e. The fourth-order valence-electron chi connectivity index (χ4n) is 1.30. The van der Waals surface area contributed by atoms with Crippen molar-refractivity contribution < 1.29 is 9.53 Å². The molecule has 0 amide bonds. The number of terminal acetylenes is 1. The number of rotatable bonds is 2. The van der Waals surface area contributed by atoms with E-state index in [1.165, 1.54) is 7.11 Å². The Morgan fingerprint density at radius 1 is 1.91 bits per heavy atom. The van der Waals surface area contributed by atoms with Gasteiger partial charge in [-0.05, 0) is 12.8 Å². The van der Waals surface area contributed by atoms with E-state index in [1.807, 2.05) is 6.08 Å². The highest BCUT2D eigenvalue weighted by Gasteiger charge is 2.36. The first-order valence-electron chi connectivity index (χ1n) is 3.48. The quantitative estimate of drug-likeness (QED) is 0.432. The van der Waals surface area contributed by atoms with E-state index in [0.29, 0.717) is 12.0 Å². The number of hydrogen-bond acceptors (Lipinski definition) is 2. The van der Waals surface area contributed by atoms with E-state index in [9.17, 15) is 4.79 Å². The molecule has 0 N–H and O–H groups in total. The zero-order valence-corrected chi connectivity index (χ0v) is 6.46. The minimum atomic E-state index is -0.811. The maximum absolute atomic E-state index is 10.7. The van der Waals surface area contributed by atoms with Crippen molar-refractivity contribution in [3.8, 4) is 12.3 Å².